The van der Waals surface area contributed by atoms with Crippen molar-refractivity contribution in [3.8, 4) is 0 Å². The number of amides is 1. The van der Waals surface area contributed by atoms with Crippen LogP contribution >= 0.6 is 0 Å². The fourth-order valence-electron chi connectivity index (χ4n) is 3.62. The van der Waals surface area contributed by atoms with Gasteiger partial charge in [0.05, 0.1) is 0 Å². The van der Waals surface area contributed by atoms with Crippen LogP contribution in [0.15, 0.2) is 24.3 Å². The van der Waals surface area contributed by atoms with Crippen LogP contribution in [0.5, 0.6) is 0 Å². The third kappa shape index (κ3) is 4.83. The first kappa shape index (κ1) is 19.0. The van der Waals surface area contributed by atoms with Crippen LogP contribution in [0.25, 0.3) is 0 Å². The van der Waals surface area contributed by atoms with E-state index in [-0.39, 0.29) is 24.3 Å². The number of likely N-dealkylation sites (tertiary alicyclic amines) is 1. The lowest BCUT2D eigenvalue weighted by Crippen LogP contribution is -2.41. The second kappa shape index (κ2) is 8.66. The standard InChI is InChI=1S/C21H33NO2/c1-15(2)18-7-9-19(10-8-18)20(16(3)4)12-21(24)22-11-5-6-17(13-22)14-23/h7-10,15-17,20,23H,5-6,11-14H2,1-4H3. The maximum absolute atomic E-state index is 12.8. The van der Waals surface area contributed by atoms with Crippen molar-refractivity contribution < 1.29 is 9.90 Å². The Morgan fingerprint density at radius 3 is 2.33 bits per heavy atom. The molecule has 0 radical (unpaired) electrons. The van der Waals surface area contributed by atoms with Gasteiger partial charge >= 0.3 is 0 Å². The summed E-state index contributed by atoms with van der Waals surface area (Å²) in [6.07, 6.45) is 2.60. The second-order valence-corrected chi connectivity index (χ2v) is 7.91. The lowest BCUT2D eigenvalue weighted by atomic mass is 9.84. The molecular weight excluding hydrogens is 298 g/mol. The normalized spacial score (nSPS) is 19.8. The summed E-state index contributed by atoms with van der Waals surface area (Å²) >= 11 is 0. The Balaban J connectivity index is 2.06. The van der Waals surface area contributed by atoms with Crippen molar-refractivity contribution in [3.63, 3.8) is 0 Å². The molecule has 2 atom stereocenters. The molecule has 1 fully saturated rings. The van der Waals surface area contributed by atoms with Crippen LogP contribution in [-0.2, 0) is 4.79 Å². The molecule has 0 aliphatic carbocycles. The van der Waals surface area contributed by atoms with E-state index in [1.165, 1.54) is 11.1 Å². The number of aliphatic hydroxyl groups is 1. The third-order valence-corrected chi connectivity index (χ3v) is 5.36. The highest BCUT2D eigenvalue weighted by Crippen LogP contribution is 2.30. The Morgan fingerprint density at radius 2 is 1.79 bits per heavy atom. The van der Waals surface area contributed by atoms with Gasteiger partial charge in [0, 0.05) is 26.1 Å². The summed E-state index contributed by atoms with van der Waals surface area (Å²) in [6, 6.07) is 8.78. The zero-order chi connectivity index (χ0) is 17.7. The van der Waals surface area contributed by atoms with E-state index in [0.717, 1.165) is 19.4 Å². The fourth-order valence-corrected chi connectivity index (χ4v) is 3.62. The van der Waals surface area contributed by atoms with Crippen LogP contribution in [0.1, 0.15) is 69.9 Å². The molecule has 3 nitrogen and oxygen atoms in total. The molecule has 24 heavy (non-hydrogen) atoms. The van der Waals surface area contributed by atoms with Gasteiger partial charge in [-0.1, -0.05) is 52.0 Å². The summed E-state index contributed by atoms with van der Waals surface area (Å²) in [5.74, 6) is 1.71. The Morgan fingerprint density at radius 1 is 1.17 bits per heavy atom. The summed E-state index contributed by atoms with van der Waals surface area (Å²) in [4.78, 5) is 14.7. The van der Waals surface area contributed by atoms with Gasteiger partial charge < -0.3 is 10.0 Å². The van der Waals surface area contributed by atoms with Crippen LogP contribution in [0.3, 0.4) is 0 Å². The molecule has 1 saturated heterocycles. The zero-order valence-corrected chi connectivity index (χ0v) is 15.7. The smallest absolute Gasteiger partial charge is 0.223 e. The molecule has 2 rings (SSSR count). The number of carbonyl (C=O) groups is 1. The largest absolute Gasteiger partial charge is 0.396 e. The molecule has 1 aromatic carbocycles. The average molecular weight is 332 g/mol. The highest BCUT2D eigenvalue weighted by molar-refractivity contribution is 5.77. The quantitative estimate of drug-likeness (QED) is 0.850. The zero-order valence-electron chi connectivity index (χ0n) is 15.7. The Hall–Kier alpha value is -1.35. The van der Waals surface area contributed by atoms with Gasteiger partial charge in [0.25, 0.3) is 0 Å². The molecule has 1 aromatic rings. The van der Waals surface area contributed by atoms with E-state index >= 15 is 0 Å². The third-order valence-electron chi connectivity index (χ3n) is 5.36. The van der Waals surface area contributed by atoms with Crippen LogP contribution < -0.4 is 0 Å². The van der Waals surface area contributed by atoms with E-state index in [9.17, 15) is 9.90 Å². The molecule has 3 heteroatoms. The van der Waals surface area contributed by atoms with E-state index < -0.39 is 0 Å². The Bertz CT molecular complexity index is 521. The number of hydrogen-bond donors (Lipinski definition) is 1. The molecule has 1 N–H and O–H groups in total. The molecule has 0 aromatic heterocycles. The van der Waals surface area contributed by atoms with Gasteiger partial charge in [-0.05, 0) is 47.6 Å². The topological polar surface area (TPSA) is 40.5 Å². The highest BCUT2D eigenvalue weighted by atomic mass is 16.3. The maximum Gasteiger partial charge on any atom is 0.223 e. The van der Waals surface area contributed by atoms with Gasteiger partial charge in [-0.25, -0.2) is 0 Å². The van der Waals surface area contributed by atoms with Crippen LogP contribution in [0.4, 0.5) is 0 Å². The highest BCUT2D eigenvalue weighted by Gasteiger charge is 2.27. The van der Waals surface area contributed by atoms with Gasteiger partial charge in [-0.3, -0.25) is 4.79 Å². The molecule has 1 aliphatic heterocycles. The molecule has 0 bridgehead atoms. The molecule has 0 saturated carbocycles. The van der Waals surface area contributed by atoms with Gasteiger partial charge in [0.15, 0.2) is 0 Å². The SMILES string of the molecule is CC(C)c1ccc(C(CC(=O)N2CCCC(CO)C2)C(C)C)cc1. The lowest BCUT2D eigenvalue weighted by Gasteiger charge is -2.33. The summed E-state index contributed by atoms with van der Waals surface area (Å²) in [5.41, 5.74) is 2.60. The van der Waals surface area contributed by atoms with E-state index in [2.05, 4.69) is 52.0 Å². The maximum atomic E-state index is 12.8. The second-order valence-electron chi connectivity index (χ2n) is 7.91. The molecule has 134 valence electrons. The first-order valence-corrected chi connectivity index (χ1v) is 9.40. The molecule has 2 unspecified atom stereocenters. The summed E-state index contributed by atoms with van der Waals surface area (Å²) in [6.45, 7) is 10.5. The molecule has 1 amide bonds. The van der Waals surface area contributed by atoms with Crippen molar-refractivity contribution in [2.45, 2.75) is 58.8 Å². The summed E-state index contributed by atoms with van der Waals surface area (Å²) < 4.78 is 0. The predicted octanol–water partition coefficient (Wildman–Crippen LogP) is 4.17. The van der Waals surface area contributed by atoms with Crippen molar-refractivity contribution in [1.82, 2.24) is 4.90 Å². The average Bonchev–Trinajstić information content (AvgIpc) is 2.59. The minimum Gasteiger partial charge on any atom is -0.396 e. The number of aliphatic hydroxyl groups excluding tert-OH is 1. The minimum absolute atomic E-state index is 0.189. The lowest BCUT2D eigenvalue weighted by molar-refractivity contribution is -0.134. The van der Waals surface area contributed by atoms with Crippen LogP contribution in [-0.4, -0.2) is 35.6 Å². The first-order chi connectivity index (χ1) is 11.4. The van der Waals surface area contributed by atoms with Crippen molar-refractivity contribution in [3.05, 3.63) is 35.4 Å². The predicted molar refractivity (Wildman–Crippen MR) is 99.1 cm³/mol. The van der Waals surface area contributed by atoms with Gasteiger partial charge in [0.1, 0.15) is 0 Å². The number of benzene rings is 1. The summed E-state index contributed by atoms with van der Waals surface area (Å²) in [5, 5.41) is 9.37. The van der Waals surface area contributed by atoms with Crippen LogP contribution in [0.2, 0.25) is 0 Å². The van der Waals surface area contributed by atoms with E-state index in [1.54, 1.807) is 0 Å². The van der Waals surface area contributed by atoms with Crippen molar-refractivity contribution in [2.75, 3.05) is 19.7 Å². The van der Waals surface area contributed by atoms with E-state index in [4.69, 9.17) is 0 Å². The van der Waals surface area contributed by atoms with Crippen molar-refractivity contribution in [1.29, 1.82) is 0 Å². The Labute approximate surface area is 147 Å². The molecular formula is C21H33NO2. The van der Waals surface area contributed by atoms with Gasteiger partial charge in [0.2, 0.25) is 5.91 Å². The number of piperidine rings is 1. The monoisotopic (exact) mass is 331 g/mol. The minimum atomic E-state index is 0.189. The van der Waals surface area contributed by atoms with E-state index in [1.807, 2.05) is 4.90 Å². The van der Waals surface area contributed by atoms with Crippen molar-refractivity contribution in [2.24, 2.45) is 11.8 Å². The van der Waals surface area contributed by atoms with Gasteiger partial charge in [-0.15, -0.1) is 0 Å². The van der Waals surface area contributed by atoms with Crippen LogP contribution in [0, 0.1) is 11.8 Å². The van der Waals surface area contributed by atoms with Crippen molar-refractivity contribution >= 4 is 5.91 Å². The van der Waals surface area contributed by atoms with Gasteiger partial charge in [-0.2, -0.15) is 0 Å². The number of carbonyl (C=O) groups excluding carboxylic acids is 1. The molecule has 1 aliphatic rings. The number of rotatable bonds is 6. The Kier molecular flexibility index (Phi) is 6.85. The number of hydrogen-bond acceptors (Lipinski definition) is 2. The molecule has 1 heterocycles. The fraction of sp³-hybridized carbons (Fsp3) is 0.667. The molecule has 0 spiro atoms. The summed E-state index contributed by atoms with van der Waals surface area (Å²) in [7, 11) is 0. The number of nitrogens with zero attached hydrogens (tertiary/aromatic N) is 1. The van der Waals surface area contributed by atoms with E-state index in [0.29, 0.717) is 24.8 Å². The first-order valence-electron chi connectivity index (χ1n) is 9.40.